The van der Waals surface area contributed by atoms with E-state index in [9.17, 15) is 4.79 Å². The molecule has 0 radical (unpaired) electrons. The summed E-state index contributed by atoms with van der Waals surface area (Å²) in [7, 11) is 0. The third kappa shape index (κ3) is 3.37. The van der Waals surface area contributed by atoms with Crippen molar-refractivity contribution in [2.24, 2.45) is 5.92 Å². The van der Waals surface area contributed by atoms with E-state index in [1.807, 2.05) is 11.5 Å². The minimum atomic E-state index is -0.857. The molecule has 2 heterocycles. The van der Waals surface area contributed by atoms with Gasteiger partial charge in [-0.3, -0.25) is 4.79 Å². The highest BCUT2D eigenvalue weighted by molar-refractivity contribution is 7.99. The fourth-order valence-electron chi connectivity index (χ4n) is 1.74. The lowest BCUT2D eigenvalue weighted by Crippen LogP contribution is -2.09. The predicted molar refractivity (Wildman–Crippen MR) is 79.1 cm³/mol. The van der Waals surface area contributed by atoms with Gasteiger partial charge in [-0.1, -0.05) is 25.6 Å². The third-order valence-electron chi connectivity index (χ3n) is 2.54. The summed E-state index contributed by atoms with van der Waals surface area (Å²) < 4.78 is 1.98. The Labute approximate surface area is 125 Å². The largest absolute Gasteiger partial charge is 0.481 e. The topological polar surface area (TPSA) is 80.9 Å². The monoisotopic (exact) mass is 312 g/mol. The molecule has 8 heteroatoms. The smallest absolute Gasteiger partial charge is 0.313 e. The molecule has 0 saturated heterocycles. The summed E-state index contributed by atoms with van der Waals surface area (Å²) in [5.41, 5.74) is 2.70. The van der Waals surface area contributed by atoms with E-state index >= 15 is 0 Å². The van der Waals surface area contributed by atoms with Crippen molar-refractivity contribution in [2.45, 2.75) is 32.5 Å². The van der Waals surface area contributed by atoms with E-state index in [2.05, 4.69) is 29.0 Å². The van der Waals surface area contributed by atoms with Gasteiger partial charge in [0.25, 0.3) is 0 Å². The minimum Gasteiger partial charge on any atom is -0.481 e. The van der Waals surface area contributed by atoms with Gasteiger partial charge >= 0.3 is 5.97 Å². The molecule has 2 rings (SSSR count). The van der Waals surface area contributed by atoms with Crippen molar-refractivity contribution in [1.29, 1.82) is 0 Å². The summed E-state index contributed by atoms with van der Waals surface area (Å²) in [5.74, 6) is 0.316. The summed E-state index contributed by atoms with van der Waals surface area (Å²) in [6.45, 7) is 6.90. The molecule has 0 amide bonds. The van der Waals surface area contributed by atoms with Gasteiger partial charge in [0.1, 0.15) is 0 Å². The maximum atomic E-state index is 10.7. The van der Waals surface area contributed by atoms with E-state index in [-0.39, 0.29) is 5.75 Å². The van der Waals surface area contributed by atoms with E-state index < -0.39 is 5.97 Å². The molecular weight excluding hydrogens is 296 g/mol. The summed E-state index contributed by atoms with van der Waals surface area (Å²) in [6.07, 6.45) is 0. The summed E-state index contributed by atoms with van der Waals surface area (Å²) in [4.78, 5) is 15.9. The molecule has 2 aromatic heterocycles. The van der Waals surface area contributed by atoms with Crippen molar-refractivity contribution in [3.63, 3.8) is 0 Å². The number of carboxylic acid groups (broad SMARTS) is 1. The van der Waals surface area contributed by atoms with Crippen LogP contribution in [-0.4, -0.2) is 36.6 Å². The number of hydrogen-bond acceptors (Lipinski definition) is 6. The summed E-state index contributed by atoms with van der Waals surface area (Å²) in [5, 5.41) is 17.8. The lowest BCUT2D eigenvalue weighted by molar-refractivity contribution is -0.133. The van der Waals surface area contributed by atoms with Gasteiger partial charge in [0, 0.05) is 6.54 Å². The Kier molecular flexibility index (Phi) is 4.77. The van der Waals surface area contributed by atoms with Gasteiger partial charge in [0.05, 0.1) is 21.8 Å². The second kappa shape index (κ2) is 6.36. The van der Waals surface area contributed by atoms with Gasteiger partial charge in [-0.25, -0.2) is 4.98 Å². The van der Waals surface area contributed by atoms with Crippen LogP contribution in [0.2, 0.25) is 0 Å². The van der Waals surface area contributed by atoms with Crippen molar-refractivity contribution in [3.8, 4) is 10.7 Å². The Balaban J connectivity index is 2.37. The van der Waals surface area contributed by atoms with Crippen LogP contribution in [-0.2, 0) is 11.3 Å². The Morgan fingerprint density at radius 1 is 1.50 bits per heavy atom. The van der Waals surface area contributed by atoms with E-state index in [0.29, 0.717) is 11.1 Å². The van der Waals surface area contributed by atoms with Crippen molar-refractivity contribution >= 4 is 29.1 Å². The van der Waals surface area contributed by atoms with Gasteiger partial charge in [0.2, 0.25) is 0 Å². The maximum Gasteiger partial charge on any atom is 0.313 e. The molecule has 0 aliphatic rings. The zero-order valence-corrected chi connectivity index (χ0v) is 13.2. The molecule has 20 heavy (non-hydrogen) atoms. The number of thioether (sulfide) groups is 1. The lowest BCUT2D eigenvalue weighted by atomic mass is 10.2. The molecule has 0 aliphatic heterocycles. The van der Waals surface area contributed by atoms with Gasteiger partial charge in [0.15, 0.2) is 11.0 Å². The minimum absolute atomic E-state index is 0.0160. The second-order valence-corrected chi connectivity index (χ2v) is 6.56. The first-order valence-electron chi connectivity index (χ1n) is 6.17. The first-order chi connectivity index (χ1) is 9.49. The number of thiazole rings is 1. The molecule has 0 fully saturated rings. The van der Waals surface area contributed by atoms with E-state index in [1.54, 1.807) is 5.51 Å². The van der Waals surface area contributed by atoms with E-state index in [4.69, 9.17) is 5.11 Å². The molecule has 2 aromatic rings. The average Bonchev–Trinajstić information content (AvgIpc) is 2.92. The lowest BCUT2D eigenvalue weighted by Gasteiger charge is -2.11. The van der Waals surface area contributed by atoms with Crippen LogP contribution in [0.25, 0.3) is 10.7 Å². The number of nitrogens with zero attached hydrogens (tertiary/aromatic N) is 4. The standard InChI is InChI=1S/C12H16N4O2S2/c1-7(2)4-16-11(10-8(3)13-6-20-10)14-15-12(16)19-5-9(17)18/h6-7H,4-5H2,1-3H3,(H,17,18). The predicted octanol–water partition coefficient (Wildman–Crippen LogP) is 2.54. The number of aliphatic carboxylic acids is 1. The zero-order valence-electron chi connectivity index (χ0n) is 11.5. The highest BCUT2D eigenvalue weighted by Gasteiger charge is 2.18. The van der Waals surface area contributed by atoms with Gasteiger partial charge in [-0.2, -0.15) is 0 Å². The molecule has 0 spiro atoms. The Morgan fingerprint density at radius 2 is 2.25 bits per heavy atom. The van der Waals surface area contributed by atoms with Crippen LogP contribution < -0.4 is 0 Å². The number of hydrogen-bond donors (Lipinski definition) is 1. The van der Waals surface area contributed by atoms with Crippen molar-refractivity contribution in [2.75, 3.05) is 5.75 Å². The SMILES string of the molecule is Cc1ncsc1-c1nnc(SCC(=O)O)n1CC(C)C. The van der Waals surface area contributed by atoms with E-state index in [1.165, 1.54) is 23.1 Å². The van der Waals surface area contributed by atoms with Crippen LogP contribution in [0.4, 0.5) is 0 Å². The number of carboxylic acids is 1. The zero-order chi connectivity index (χ0) is 14.7. The molecule has 0 bridgehead atoms. The number of rotatable bonds is 6. The van der Waals surface area contributed by atoms with Crippen LogP contribution in [0.1, 0.15) is 19.5 Å². The quantitative estimate of drug-likeness (QED) is 0.826. The van der Waals surface area contributed by atoms with Crippen molar-refractivity contribution in [1.82, 2.24) is 19.7 Å². The maximum absolute atomic E-state index is 10.7. The molecule has 6 nitrogen and oxygen atoms in total. The van der Waals surface area contributed by atoms with Crippen molar-refractivity contribution in [3.05, 3.63) is 11.2 Å². The fraction of sp³-hybridized carbons (Fsp3) is 0.500. The van der Waals surface area contributed by atoms with Gasteiger partial charge in [-0.15, -0.1) is 21.5 Å². The van der Waals surface area contributed by atoms with Crippen LogP contribution in [0.5, 0.6) is 0 Å². The molecule has 0 saturated carbocycles. The van der Waals surface area contributed by atoms with Crippen molar-refractivity contribution < 1.29 is 9.90 Å². The molecular formula is C12H16N4O2S2. The van der Waals surface area contributed by atoms with E-state index in [0.717, 1.165) is 22.9 Å². The third-order valence-corrected chi connectivity index (χ3v) is 4.41. The fourth-order valence-corrected chi connectivity index (χ4v) is 3.20. The molecule has 1 N–H and O–H groups in total. The highest BCUT2D eigenvalue weighted by atomic mass is 32.2. The van der Waals surface area contributed by atoms with Crippen LogP contribution in [0.3, 0.4) is 0 Å². The highest BCUT2D eigenvalue weighted by Crippen LogP contribution is 2.29. The first-order valence-corrected chi connectivity index (χ1v) is 8.03. The van der Waals surface area contributed by atoms with Crippen LogP contribution in [0.15, 0.2) is 10.7 Å². The molecule has 0 atom stereocenters. The Hall–Kier alpha value is -1.41. The molecule has 108 valence electrons. The average molecular weight is 312 g/mol. The number of carbonyl (C=O) groups is 1. The summed E-state index contributed by atoms with van der Waals surface area (Å²) in [6, 6.07) is 0. The van der Waals surface area contributed by atoms with Gasteiger partial charge < -0.3 is 9.67 Å². The second-order valence-electron chi connectivity index (χ2n) is 4.76. The van der Waals surface area contributed by atoms with Crippen LogP contribution in [0, 0.1) is 12.8 Å². The Morgan fingerprint density at radius 3 is 2.80 bits per heavy atom. The summed E-state index contributed by atoms with van der Waals surface area (Å²) >= 11 is 2.72. The molecule has 0 aromatic carbocycles. The Bertz CT molecular complexity index is 606. The number of aryl methyl sites for hydroxylation is 1. The molecule has 0 unspecified atom stereocenters. The van der Waals surface area contributed by atoms with Crippen LogP contribution >= 0.6 is 23.1 Å². The first kappa shape index (κ1) is 15.0. The normalized spacial score (nSPS) is 11.2. The number of aromatic nitrogens is 4. The van der Waals surface area contributed by atoms with Gasteiger partial charge in [-0.05, 0) is 12.8 Å². The molecule has 0 aliphatic carbocycles.